The average Bonchev–Trinajstić information content (AvgIpc) is 2.38. The number of nitrogens with zero attached hydrogens (tertiary/aromatic N) is 1. The molecule has 0 aliphatic rings. The summed E-state index contributed by atoms with van der Waals surface area (Å²) in [6, 6.07) is 19.4. The molecular weight excluding hydrogens is 212 g/mol. The Hall–Kier alpha value is -2.29. The number of nitrogens with two attached hydrogens (primary N) is 1. The maximum absolute atomic E-state index is 11.4. The molecule has 0 aromatic heterocycles. The number of amides is 2. The summed E-state index contributed by atoms with van der Waals surface area (Å²) < 4.78 is 0. The second-order valence-electron chi connectivity index (χ2n) is 3.67. The summed E-state index contributed by atoms with van der Waals surface area (Å²) in [5.41, 5.74) is 7.18. The maximum Gasteiger partial charge on any atom is 0.319 e. The van der Waals surface area contributed by atoms with E-state index in [1.165, 1.54) is 4.90 Å². The molecule has 0 heterocycles. The Balaban J connectivity index is 2.23. The minimum Gasteiger partial charge on any atom is -0.351 e. The Morgan fingerprint density at radius 3 is 2.53 bits per heavy atom. The van der Waals surface area contributed by atoms with Crippen LogP contribution in [-0.2, 0) is 6.54 Å². The topological polar surface area (TPSA) is 46.3 Å². The van der Waals surface area contributed by atoms with Crippen molar-refractivity contribution < 1.29 is 4.79 Å². The normalized spacial score (nSPS) is 9.88. The molecule has 2 aromatic carbocycles. The molecule has 0 spiro atoms. The highest BCUT2D eigenvalue weighted by Crippen LogP contribution is 2.15. The van der Waals surface area contributed by atoms with Gasteiger partial charge in [0.05, 0.1) is 6.54 Å². The van der Waals surface area contributed by atoms with Crippen LogP contribution in [0.4, 0.5) is 10.5 Å². The fourth-order valence-corrected chi connectivity index (χ4v) is 1.61. The molecule has 0 atom stereocenters. The van der Waals surface area contributed by atoms with E-state index >= 15 is 0 Å². The van der Waals surface area contributed by atoms with E-state index in [0.29, 0.717) is 6.54 Å². The first-order valence-electron chi connectivity index (χ1n) is 5.34. The van der Waals surface area contributed by atoms with E-state index in [1.807, 2.05) is 42.5 Å². The van der Waals surface area contributed by atoms with E-state index in [0.717, 1.165) is 11.3 Å². The van der Waals surface area contributed by atoms with E-state index in [9.17, 15) is 4.79 Å². The Morgan fingerprint density at radius 1 is 1.18 bits per heavy atom. The van der Waals surface area contributed by atoms with Gasteiger partial charge in [-0.3, -0.25) is 4.90 Å². The first-order valence-corrected chi connectivity index (χ1v) is 5.34. The lowest BCUT2D eigenvalue weighted by atomic mass is 10.2. The Morgan fingerprint density at radius 2 is 1.94 bits per heavy atom. The predicted molar refractivity (Wildman–Crippen MR) is 67.5 cm³/mol. The van der Waals surface area contributed by atoms with Gasteiger partial charge in [0.2, 0.25) is 0 Å². The fourth-order valence-electron chi connectivity index (χ4n) is 1.61. The molecule has 2 N–H and O–H groups in total. The summed E-state index contributed by atoms with van der Waals surface area (Å²) >= 11 is 0. The van der Waals surface area contributed by atoms with Crippen LogP contribution in [0.15, 0.2) is 54.6 Å². The van der Waals surface area contributed by atoms with Crippen molar-refractivity contribution in [3.8, 4) is 0 Å². The number of anilines is 1. The molecule has 2 aromatic rings. The second-order valence-corrected chi connectivity index (χ2v) is 3.67. The third-order valence-corrected chi connectivity index (χ3v) is 2.45. The Bertz CT molecular complexity index is 482. The lowest BCUT2D eigenvalue weighted by Crippen LogP contribution is -2.35. The number of urea groups is 1. The molecule has 2 rings (SSSR count). The third kappa shape index (κ3) is 2.84. The number of hydrogen-bond donors (Lipinski definition) is 1. The molecule has 3 heteroatoms. The minimum atomic E-state index is -0.464. The van der Waals surface area contributed by atoms with E-state index in [1.54, 1.807) is 12.1 Å². The van der Waals surface area contributed by atoms with Gasteiger partial charge in [0.25, 0.3) is 0 Å². The van der Waals surface area contributed by atoms with Crippen molar-refractivity contribution in [1.82, 2.24) is 0 Å². The SMILES string of the molecule is NC(=O)N(Cc1ccccc1)c1c[c]ccc1. The van der Waals surface area contributed by atoms with E-state index < -0.39 is 6.03 Å². The molecule has 17 heavy (non-hydrogen) atoms. The van der Waals surface area contributed by atoms with Crippen molar-refractivity contribution in [3.05, 3.63) is 66.2 Å². The zero-order chi connectivity index (χ0) is 12.1. The van der Waals surface area contributed by atoms with Crippen LogP contribution in [-0.4, -0.2) is 6.03 Å². The molecule has 0 bridgehead atoms. The molecule has 0 aliphatic heterocycles. The molecule has 85 valence electrons. The molecule has 0 saturated carbocycles. The highest BCUT2D eigenvalue weighted by Gasteiger charge is 2.11. The van der Waals surface area contributed by atoms with E-state index in [2.05, 4.69) is 6.07 Å². The number of carbonyl (C=O) groups excluding carboxylic acids is 1. The minimum absolute atomic E-state index is 0.464. The van der Waals surface area contributed by atoms with Crippen molar-refractivity contribution in [1.29, 1.82) is 0 Å². The average molecular weight is 225 g/mol. The Kier molecular flexibility index (Phi) is 3.40. The number of carbonyl (C=O) groups is 1. The molecule has 3 nitrogen and oxygen atoms in total. The summed E-state index contributed by atoms with van der Waals surface area (Å²) in [6.45, 7) is 0.466. The van der Waals surface area contributed by atoms with Gasteiger partial charge in [0, 0.05) is 5.69 Å². The quantitative estimate of drug-likeness (QED) is 0.857. The lowest BCUT2D eigenvalue weighted by molar-refractivity contribution is 0.253. The number of benzene rings is 2. The number of primary amides is 1. The number of hydrogen-bond acceptors (Lipinski definition) is 1. The molecular formula is C14H13N2O. The molecule has 0 unspecified atom stereocenters. The van der Waals surface area contributed by atoms with Gasteiger partial charge in [-0.15, -0.1) is 0 Å². The van der Waals surface area contributed by atoms with Crippen LogP contribution in [0.3, 0.4) is 0 Å². The summed E-state index contributed by atoms with van der Waals surface area (Å²) in [6.07, 6.45) is 0. The molecule has 2 amide bonds. The first kappa shape index (κ1) is 11.2. The van der Waals surface area contributed by atoms with Gasteiger partial charge in [-0.1, -0.05) is 42.5 Å². The zero-order valence-corrected chi connectivity index (χ0v) is 9.34. The monoisotopic (exact) mass is 225 g/mol. The summed E-state index contributed by atoms with van der Waals surface area (Å²) in [5, 5.41) is 0. The van der Waals surface area contributed by atoms with Crippen LogP contribution in [0.25, 0.3) is 0 Å². The predicted octanol–water partition coefficient (Wildman–Crippen LogP) is 2.57. The highest BCUT2D eigenvalue weighted by atomic mass is 16.2. The van der Waals surface area contributed by atoms with Gasteiger partial charge in [-0.2, -0.15) is 0 Å². The van der Waals surface area contributed by atoms with Crippen LogP contribution >= 0.6 is 0 Å². The van der Waals surface area contributed by atoms with Crippen molar-refractivity contribution in [2.24, 2.45) is 5.73 Å². The van der Waals surface area contributed by atoms with Crippen molar-refractivity contribution in [2.75, 3.05) is 4.90 Å². The van der Waals surface area contributed by atoms with Gasteiger partial charge in [-0.05, 0) is 23.8 Å². The molecule has 0 fully saturated rings. The first-order chi connectivity index (χ1) is 8.27. The zero-order valence-electron chi connectivity index (χ0n) is 9.34. The van der Waals surface area contributed by atoms with Crippen LogP contribution < -0.4 is 10.6 Å². The van der Waals surface area contributed by atoms with Crippen molar-refractivity contribution in [3.63, 3.8) is 0 Å². The van der Waals surface area contributed by atoms with E-state index in [-0.39, 0.29) is 0 Å². The standard InChI is InChI=1S/C14H13N2O/c15-14(17)16(13-9-5-2-6-10-13)11-12-7-3-1-4-8-12/h1-5,7-10H,11H2,(H2,15,17). The summed E-state index contributed by atoms with van der Waals surface area (Å²) in [5.74, 6) is 0. The van der Waals surface area contributed by atoms with Crippen molar-refractivity contribution >= 4 is 11.7 Å². The van der Waals surface area contributed by atoms with Gasteiger partial charge in [0.15, 0.2) is 0 Å². The van der Waals surface area contributed by atoms with Gasteiger partial charge in [0.1, 0.15) is 0 Å². The van der Waals surface area contributed by atoms with Gasteiger partial charge < -0.3 is 5.73 Å². The van der Waals surface area contributed by atoms with E-state index in [4.69, 9.17) is 5.73 Å². The Labute approximate surface area is 100 Å². The van der Waals surface area contributed by atoms with Crippen molar-refractivity contribution in [2.45, 2.75) is 6.54 Å². The third-order valence-electron chi connectivity index (χ3n) is 2.45. The lowest BCUT2D eigenvalue weighted by Gasteiger charge is -2.20. The van der Waals surface area contributed by atoms with Crippen LogP contribution in [0.5, 0.6) is 0 Å². The highest BCUT2D eigenvalue weighted by molar-refractivity contribution is 5.90. The second kappa shape index (κ2) is 5.16. The fraction of sp³-hybridized carbons (Fsp3) is 0.0714. The number of rotatable bonds is 3. The maximum atomic E-state index is 11.4. The van der Waals surface area contributed by atoms with Gasteiger partial charge >= 0.3 is 6.03 Å². The van der Waals surface area contributed by atoms with Gasteiger partial charge in [-0.25, -0.2) is 4.79 Å². The molecule has 0 saturated heterocycles. The largest absolute Gasteiger partial charge is 0.351 e. The summed E-state index contributed by atoms with van der Waals surface area (Å²) in [7, 11) is 0. The summed E-state index contributed by atoms with van der Waals surface area (Å²) in [4.78, 5) is 13.0. The molecule has 1 radical (unpaired) electrons. The van der Waals surface area contributed by atoms with Crippen LogP contribution in [0.2, 0.25) is 0 Å². The smallest absolute Gasteiger partial charge is 0.319 e. The molecule has 0 aliphatic carbocycles. The van der Waals surface area contributed by atoms with Crippen LogP contribution in [0, 0.1) is 6.07 Å². The van der Waals surface area contributed by atoms with Crippen LogP contribution in [0.1, 0.15) is 5.56 Å².